The summed E-state index contributed by atoms with van der Waals surface area (Å²) in [5, 5.41) is 5.16. The van der Waals surface area contributed by atoms with E-state index in [2.05, 4.69) is 10.6 Å². The van der Waals surface area contributed by atoms with E-state index in [1.54, 1.807) is 12.1 Å². The van der Waals surface area contributed by atoms with E-state index in [1.807, 2.05) is 0 Å². The summed E-state index contributed by atoms with van der Waals surface area (Å²) in [4.78, 5) is 23.7. The molecule has 142 valence electrons. The van der Waals surface area contributed by atoms with E-state index in [1.165, 1.54) is 18.6 Å². The molecule has 2 N–H and O–H groups in total. The molecule has 1 aromatic rings. The fraction of sp³-hybridized carbons (Fsp3) is 0.579. The molecule has 1 heterocycles. The van der Waals surface area contributed by atoms with Gasteiger partial charge in [0, 0.05) is 25.9 Å². The first-order valence-electron chi connectivity index (χ1n) is 9.19. The fourth-order valence-corrected chi connectivity index (χ4v) is 3.41. The Hall–Kier alpha value is -1.99. The Morgan fingerprint density at radius 2 is 1.77 bits per heavy atom. The fourth-order valence-electron chi connectivity index (χ4n) is 3.41. The zero-order valence-corrected chi connectivity index (χ0v) is 14.8. The lowest BCUT2D eigenvalue weighted by molar-refractivity contribution is -0.186. The Bertz CT molecular complexity index is 629. The van der Waals surface area contributed by atoms with Crippen LogP contribution in [0.3, 0.4) is 0 Å². The van der Waals surface area contributed by atoms with Crippen LogP contribution in [-0.4, -0.2) is 43.4 Å². The molecule has 0 unspecified atom stereocenters. The Morgan fingerprint density at radius 1 is 1.08 bits per heavy atom. The van der Waals surface area contributed by atoms with Crippen LogP contribution >= 0.6 is 0 Å². The van der Waals surface area contributed by atoms with Gasteiger partial charge in [-0.2, -0.15) is 0 Å². The molecule has 2 fully saturated rings. The summed E-state index contributed by atoms with van der Waals surface area (Å²) in [5.41, 5.74) is 0.890. The number of amides is 2. The summed E-state index contributed by atoms with van der Waals surface area (Å²) in [7, 11) is 0. The maximum Gasteiger partial charge on any atom is 0.309 e. The van der Waals surface area contributed by atoms with Crippen LogP contribution in [0.5, 0.6) is 0 Å². The summed E-state index contributed by atoms with van der Waals surface area (Å²) in [6.07, 6.45) is 5.48. The van der Waals surface area contributed by atoms with Crippen molar-refractivity contribution in [3.8, 4) is 0 Å². The minimum Gasteiger partial charge on any atom is -0.348 e. The van der Waals surface area contributed by atoms with Gasteiger partial charge in [-0.1, -0.05) is 18.6 Å². The summed E-state index contributed by atoms with van der Waals surface area (Å²) >= 11 is 0. The quantitative estimate of drug-likeness (QED) is 0.780. The first-order chi connectivity index (χ1) is 12.6. The van der Waals surface area contributed by atoms with Crippen LogP contribution in [-0.2, 0) is 25.5 Å². The Morgan fingerprint density at radius 3 is 2.50 bits per heavy atom. The van der Waals surface area contributed by atoms with Gasteiger partial charge in [0.25, 0.3) is 0 Å². The van der Waals surface area contributed by atoms with Gasteiger partial charge in [0.1, 0.15) is 11.9 Å². The van der Waals surface area contributed by atoms with Gasteiger partial charge in [-0.3, -0.25) is 9.59 Å². The van der Waals surface area contributed by atoms with Crippen LogP contribution in [0.4, 0.5) is 4.39 Å². The van der Waals surface area contributed by atoms with Crippen molar-refractivity contribution < 1.29 is 23.5 Å². The highest BCUT2D eigenvalue weighted by atomic mass is 19.1. The molecule has 0 aromatic heterocycles. The minimum absolute atomic E-state index is 0.218. The van der Waals surface area contributed by atoms with Gasteiger partial charge in [0.15, 0.2) is 5.79 Å². The SMILES string of the molecule is O=C(NCCc1ccc(F)cc1)C(=O)NC[C@H]1COC2(CCCCC2)O1. The molecule has 1 saturated heterocycles. The van der Waals surface area contributed by atoms with E-state index >= 15 is 0 Å². The van der Waals surface area contributed by atoms with Crippen molar-refractivity contribution in [3.05, 3.63) is 35.6 Å². The Balaban J connectivity index is 1.34. The van der Waals surface area contributed by atoms with Crippen LogP contribution in [0.15, 0.2) is 24.3 Å². The number of carbonyl (C=O) groups is 2. The molecule has 1 saturated carbocycles. The second-order valence-electron chi connectivity index (χ2n) is 6.86. The Kier molecular flexibility index (Phi) is 6.21. The third-order valence-corrected chi connectivity index (χ3v) is 4.84. The van der Waals surface area contributed by atoms with Crippen molar-refractivity contribution in [2.75, 3.05) is 19.7 Å². The van der Waals surface area contributed by atoms with E-state index in [-0.39, 0.29) is 18.5 Å². The van der Waals surface area contributed by atoms with E-state index in [0.29, 0.717) is 19.6 Å². The van der Waals surface area contributed by atoms with Crippen LogP contribution in [0.25, 0.3) is 0 Å². The lowest BCUT2D eigenvalue weighted by Crippen LogP contribution is -2.44. The van der Waals surface area contributed by atoms with Gasteiger partial charge in [-0.25, -0.2) is 4.39 Å². The smallest absolute Gasteiger partial charge is 0.309 e. The molecule has 2 aliphatic rings. The molecule has 0 bridgehead atoms. The monoisotopic (exact) mass is 364 g/mol. The number of benzene rings is 1. The van der Waals surface area contributed by atoms with Gasteiger partial charge in [-0.15, -0.1) is 0 Å². The van der Waals surface area contributed by atoms with Crippen molar-refractivity contribution in [3.63, 3.8) is 0 Å². The largest absolute Gasteiger partial charge is 0.348 e. The maximum atomic E-state index is 12.8. The second kappa shape index (κ2) is 8.60. The summed E-state index contributed by atoms with van der Waals surface area (Å²) in [6.45, 7) is 1.00. The average Bonchev–Trinajstić information content (AvgIpc) is 3.04. The molecule has 1 aliphatic heterocycles. The number of hydrogen-bond acceptors (Lipinski definition) is 4. The predicted octanol–water partition coefficient (Wildman–Crippen LogP) is 1.68. The highest BCUT2D eigenvalue weighted by Crippen LogP contribution is 2.37. The van der Waals surface area contributed by atoms with Crippen molar-refractivity contribution in [2.45, 2.75) is 50.4 Å². The predicted molar refractivity (Wildman–Crippen MR) is 92.8 cm³/mol. The number of ether oxygens (including phenoxy) is 2. The highest BCUT2D eigenvalue weighted by Gasteiger charge is 2.42. The minimum atomic E-state index is -0.683. The van der Waals surface area contributed by atoms with Gasteiger partial charge < -0.3 is 20.1 Å². The van der Waals surface area contributed by atoms with Crippen LogP contribution in [0, 0.1) is 5.82 Å². The summed E-state index contributed by atoms with van der Waals surface area (Å²) in [6, 6.07) is 6.04. The highest BCUT2D eigenvalue weighted by molar-refractivity contribution is 6.35. The zero-order chi connectivity index (χ0) is 18.4. The zero-order valence-electron chi connectivity index (χ0n) is 14.8. The molecule has 0 radical (unpaired) electrons. The summed E-state index contributed by atoms with van der Waals surface area (Å²) in [5.74, 6) is -2.15. The number of hydrogen-bond donors (Lipinski definition) is 2. The Labute approximate surface area is 152 Å². The van der Waals surface area contributed by atoms with Gasteiger partial charge in [0.05, 0.1) is 6.61 Å². The van der Waals surface area contributed by atoms with Gasteiger partial charge in [0.2, 0.25) is 0 Å². The molecule has 6 nitrogen and oxygen atoms in total. The molecule has 1 spiro atoms. The van der Waals surface area contributed by atoms with E-state index in [0.717, 1.165) is 31.2 Å². The van der Waals surface area contributed by atoms with E-state index in [4.69, 9.17) is 9.47 Å². The van der Waals surface area contributed by atoms with Crippen molar-refractivity contribution in [2.24, 2.45) is 0 Å². The maximum absolute atomic E-state index is 12.8. The lowest BCUT2D eigenvalue weighted by Gasteiger charge is -2.31. The number of halogens is 1. The molecule has 26 heavy (non-hydrogen) atoms. The lowest BCUT2D eigenvalue weighted by atomic mass is 9.94. The van der Waals surface area contributed by atoms with E-state index in [9.17, 15) is 14.0 Å². The average molecular weight is 364 g/mol. The van der Waals surface area contributed by atoms with Crippen LogP contribution < -0.4 is 10.6 Å². The third-order valence-electron chi connectivity index (χ3n) is 4.84. The first kappa shape index (κ1) is 18.8. The second-order valence-corrected chi connectivity index (χ2v) is 6.86. The van der Waals surface area contributed by atoms with Crippen molar-refractivity contribution in [1.29, 1.82) is 0 Å². The molecule has 1 aliphatic carbocycles. The number of nitrogens with one attached hydrogen (secondary N) is 2. The van der Waals surface area contributed by atoms with Gasteiger partial charge >= 0.3 is 11.8 Å². The molecule has 1 aromatic carbocycles. The molecule has 7 heteroatoms. The normalized spacial score (nSPS) is 21.5. The number of rotatable bonds is 5. The molecule has 2 amide bonds. The molecular weight excluding hydrogens is 339 g/mol. The standard InChI is InChI=1S/C19H25FN2O4/c20-15-6-4-14(5-7-15)8-11-21-17(23)18(24)22-12-16-13-25-19(26-16)9-2-1-3-10-19/h4-7,16H,1-3,8-13H2,(H,21,23)(H,22,24)/t16-/m0/s1. The molecule has 1 atom stereocenters. The first-order valence-corrected chi connectivity index (χ1v) is 9.19. The molecular formula is C19H25FN2O4. The van der Waals surface area contributed by atoms with Crippen molar-refractivity contribution >= 4 is 11.8 Å². The van der Waals surface area contributed by atoms with E-state index < -0.39 is 17.6 Å². The van der Waals surface area contributed by atoms with Crippen LogP contribution in [0.2, 0.25) is 0 Å². The summed E-state index contributed by atoms with van der Waals surface area (Å²) < 4.78 is 24.6. The van der Waals surface area contributed by atoms with Crippen LogP contribution in [0.1, 0.15) is 37.7 Å². The van der Waals surface area contributed by atoms with Gasteiger partial charge in [-0.05, 0) is 37.0 Å². The number of carbonyl (C=O) groups excluding carboxylic acids is 2. The molecule has 3 rings (SSSR count). The third kappa shape index (κ3) is 5.02. The topological polar surface area (TPSA) is 76.7 Å². The van der Waals surface area contributed by atoms with Crippen molar-refractivity contribution in [1.82, 2.24) is 10.6 Å².